The van der Waals surface area contributed by atoms with Gasteiger partial charge < -0.3 is 5.11 Å². The van der Waals surface area contributed by atoms with E-state index < -0.39 is 5.97 Å². The van der Waals surface area contributed by atoms with Gasteiger partial charge in [-0.2, -0.15) is 0 Å². The summed E-state index contributed by atoms with van der Waals surface area (Å²) in [6, 6.07) is 0. The van der Waals surface area contributed by atoms with Gasteiger partial charge in [0.2, 0.25) is 0 Å². The predicted molar refractivity (Wildman–Crippen MR) is 73.8 cm³/mol. The Morgan fingerprint density at radius 2 is 1.89 bits per heavy atom. The van der Waals surface area contributed by atoms with Gasteiger partial charge >= 0.3 is 5.97 Å². The maximum atomic E-state index is 11.8. The Labute approximate surface area is 113 Å². The van der Waals surface area contributed by atoms with Crippen LogP contribution in [-0.4, -0.2) is 16.9 Å². The highest BCUT2D eigenvalue weighted by atomic mass is 16.4. The first-order valence-electron chi connectivity index (χ1n) is 6.99. The molecule has 0 atom stereocenters. The number of Topliss-reactive ketones (excluding diaryl/α,β-unsaturated/α-hetero) is 1. The molecule has 0 aromatic rings. The van der Waals surface area contributed by atoms with E-state index in [0.717, 1.165) is 18.4 Å². The first-order valence-corrected chi connectivity index (χ1v) is 6.99. The molecule has 1 fully saturated rings. The van der Waals surface area contributed by atoms with Crippen molar-refractivity contribution in [1.29, 1.82) is 0 Å². The summed E-state index contributed by atoms with van der Waals surface area (Å²) < 4.78 is 0. The maximum absolute atomic E-state index is 11.8. The van der Waals surface area contributed by atoms with Crippen LogP contribution in [0.5, 0.6) is 0 Å². The van der Waals surface area contributed by atoms with E-state index in [1.165, 1.54) is 12.8 Å². The third-order valence-corrected chi connectivity index (χ3v) is 3.98. The Morgan fingerprint density at radius 3 is 2.47 bits per heavy atom. The molecule has 19 heavy (non-hydrogen) atoms. The number of hydrogen-bond acceptors (Lipinski definition) is 2. The lowest BCUT2D eigenvalue weighted by Gasteiger charge is -2.10. The van der Waals surface area contributed by atoms with Gasteiger partial charge in [0.05, 0.1) is 0 Å². The molecule has 3 nitrogen and oxygen atoms in total. The molecule has 2 aliphatic rings. The molecule has 102 valence electrons. The van der Waals surface area contributed by atoms with Crippen LogP contribution in [0.15, 0.2) is 34.9 Å². The fourth-order valence-electron chi connectivity index (χ4n) is 2.83. The van der Waals surface area contributed by atoms with Gasteiger partial charge in [0.25, 0.3) is 0 Å². The minimum Gasteiger partial charge on any atom is -0.478 e. The van der Waals surface area contributed by atoms with Gasteiger partial charge in [-0.25, -0.2) is 4.79 Å². The van der Waals surface area contributed by atoms with Gasteiger partial charge in [0.15, 0.2) is 5.78 Å². The van der Waals surface area contributed by atoms with Crippen molar-refractivity contribution in [3.8, 4) is 0 Å². The molecule has 0 bridgehead atoms. The van der Waals surface area contributed by atoms with Gasteiger partial charge in [-0.15, -0.1) is 0 Å². The average Bonchev–Trinajstić information content (AvgIpc) is 2.83. The molecule has 2 rings (SSSR count). The number of carbonyl (C=O) groups is 2. The Kier molecular flexibility index (Phi) is 4.35. The zero-order valence-electron chi connectivity index (χ0n) is 11.3. The van der Waals surface area contributed by atoms with Crippen LogP contribution in [-0.2, 0) is 9.59 Å². The van der Waals surface area contributed by atoms with Crippen LogP contribution >= 0.6 is 0 Å². The van der Waals surface area contributed by atoms with Crippen LogP contribution in [0.25, 0.3) is 0 Å². The summed E-state index contributed by atoms with van der Waals surface area (Å²) in [7, 11) is 0. The van der Waals surface area contributed by atoms with E-state index in [2.05, 4.69) is 0 Å². The second-order valence-electron chi connectivity index (χ2n) is 5.27. The number of carboxylic acids is 1. The SMILES string of the molecule is CCC(=O)C1=CC=C(C2CCCC2)C=C(C(=O)O)C1. The molecule has 0 unspecified atom stereocenters. The lowest BCUT2D eigenvalue weighted by molar-refractivity contribution is -0.132. The summed E-state index contributed by atoms with van der Waals surface area (Å²) in [5, 5.41) is 9.26. The van der Waals surface area contributed by atoms with E-state index in [0.29, 0.717) is 23.5 Å². The second-order valence-corrected chi connectivity index (χ2v) is 5.27. The van der Waals surface area contributed by atoms with Gasteiger partial charge in [0, 0.05) is 18.4 Å². The summed E-state index contributed by atoms with van der Waals surface area (Å²) in [5.41, 5.74) is 2.03. The third kappa shape index (κ3) is 3.22. The molecule has 0 heterocycles. The summed E-state index contributed by atoms with van der Waals surface area (Å²) in [4.78, 5) is 23.1. The quantitative estimate of drug-likeness (QED) is 0.842. The van der Waals surface area contributed by atoms with Crippen molar-refractivity contribution in [2.75, 3.05) is 0 Å². The Hall–Kier alpha value is -1.64. The Bertz CT molecular complexity index is 474. The first-order chi connectivity index (χ1) is 9.11. The number of rotatable bonds is 4. The normalized spacial score (nSPS) is 20.4. The number of allylic oxidation sites excluding steroid dienone is 5. The van der Waals surface area contributed by atoms with E-state index >= 15 is 0 Å². The maximum Gasteiger partial charge on any atom is 0.331 e. The Morgan fingerprint density at radius 1 is 1.21 bits per heavy atom. The standard InChI is InChI=1S/C16H20O3/c1-2-15(17)13-8-7-12(11-5-3-4-6-11)9-14(10-13)16(18)19/h7-9,11H,2-6,10H2,1H3,(H,18,19). The van der Waals surface area contributed by atoms with Gasteiger partial charge in [-0.3, -0.25) is 4.79 Å². The van der Waals surface area contributed by atoms with E-state index in [1.54, 1.807) is 13.0 Å². The van der Waals surface area contributed by atoms with Crippen molar-refractivity contribution in [1.82, 2.24) is 0 Å². The minimum atomic E-state index is -0.916. The minimum absolute atomic E-state index is 0.0380. The van der Waals surface area contributed by atoms with E-state index in [1.807, 2.05) is 12.2 Å². The van der Waals surface area contributed by atoms with E-state index in [4.69, 9.17) is 0 Å². The Balaban J connectivity index is 2.32. The van der Waals surface area contributed by atoms with Crippen LogP contribution in [0.4, 0.5) is 0 Å². The summed E-state index contributed by atoms with van der Waals surface area (Å²) in [6.45, 7) is 1.81. The van der Waals surface area contributed by atoms with Crippen LogP contribution in [0.2, 0.25) is 0 Å². The van der Waals surface area contributed by atoms with Crippen LogP contribution < -0.4 is 0 Å². The molecule has 0 amide bonds. The van der Waals surface area contributed by atoms with Crippen molar-refractivity contribution in [3.63, 3.8) is 0 Å². The summed E-state index contributed by atoms with van der Waals surface area (Å²) in [6.07, 6.45) is 10.9. The highest BCUT2D eigenvalue weighted by Gasteiger charge is 2.22. The third-order valence-electron chi connectivity index (χ3n) is 3.98. The molecule has 1 saturated carbocycles. The van der Waals surface area contributed by atoms with Crippen LogP contribution in [0.1, 0.15) is 45.4 Å². The lowest BCUT2D eigenvalue weighted by atomic mass is 9.95. The van der Waals surface area contributed by atoms with Crippen molar-refractivity contribution in [2.24, 2.45) is 5.92 Å². The van der Waals surface area contributed by atoms with Gasteiger partial charge in [-0.05, 0) is 36.0 Å². The smallest absolute Gasteiger partial charge is 0.331 e. The van der Waals surface area contributed by atoms with Gasteiger partial charge in [-0.1, -0.05) is 31.9 Å². The molecule has 1 N–H and O–H groups in total. The summed E-state index contributed by atoms with van der Waals surface area (Å²) in [5.74, 6) is -0.418. The van der Waals surface area contributed by atoms with E-state index in [-0.39, 0.29) is 12.2 Å². The number of aliphatic carboxylic acids is 1. The highest BCUT2D eigenvalue weighted by molar-refractivity contribution is 5.99. The molecule has 0 aliphatic heterocycles. The molecular formula is C16H20O3. The lowest BCUT2D eigenvalue weighted by Crippen LogP contribution is -2.07. The molecule has 3 heteroatoms. The molecular weight excluding hydrogens is 240 g/mol. The largest absolute Gasteiger partial charge is 0.478 e. The zero-order valence-corrected chi connectivity index (χ0v) is 11.3. The number of carboxylic acid groups (broad SMARTS) is 1. The molecule has 0 spiro atoms. The molecule has 0 aromatic carbocycles. The van der Waals surface area contributed by atoms with Crippen molar-refractivity contribution >= 4 is 11.8 Å². The van der Waals surface area contributed by atoms with Crippen LogP contribution in [0.3, 0.4) is 0 Å². The highest BCUT2D eigenvalue weighted by Crippen LogP contribution is 2.34. The molecule has 2 aliphatic carbocycles. The van der Waals surface area contributed by atoms with Gasteiger partial charge in [0.1, 0.15) is 0 Å². The van der Waals surface area contributed by atoms with Crippen molar-refractivity contribution < 1.29 is 14.7 Å². The summed E-state index contributed by atoms with van der Waals surface area (Å²) >= 11 is 0. The monoisotopic (exact) mass is 260 g/mol. The zero-order chi connectivity index (χ0) is 13.8. The van der Waals surface area contributed by atoms with Crippen molar-refractivity contribution in [2.45, 2.75) is 45.4 Å². The number of carbonyl (C=O) groups excluding carboxylic acids is 1. The fraction of sp³-hybridized carbons (Fsp3) is 0.500. The second kappa shape index (κ2) is 6.00. The fourth-order valence-corrected chi connectivity index (χ4v) is 2.83. The molecule has 0 saturated heterocycles. The van der Waals surface area contributed by atoms with Crippen LogP contribution in [0, 0.1) is 5.92 Å². The first kappa shape index (κ1) is 13.8. The number of ketones is 1. The molecule has 0 aromatic heterocycles. The molecule has 0 radical (unpaired) electrons. The average molecular weight is 260 g/mol. The topological polar surface area (TPSA) is 54.4 Å². The van der Waals surface area contributed by atoms with E-state index in [9.17, 15) is 14.7 Å². The number of hydrogen-bond donors (Lipinski definition) is 1. The van der Waals surface area contributed by atoms with Crippen molar-refractivity contribution in [3.05, 3.63) is 34.9 Å². The predicted octanol–water partition coefficient (Wildman–Crippen LogP) is 3.42.